The third-order valence-electron chi connectivity index (χ3n) is 7.40. The third kappa shape index (κ3) is 6.01. The van der Waals surface area contributed by atoms with Crippen LogP contribution in [0.5, 0.6) is 0 Å². The topological polar surface area (TPSA) is 114 Å². The van der Waals surface area contributed by atoms with Crippen LogP contribution in [0, 0.1) is 5.41 Å². The average molecular weight is 504 g/mol. The number of nitrogens with zero attached hydrogens (tertiary/aromatic N) is 3. The number of amides is 1. The maximum absolute atomic E-state index is 12.2. The quantitative estimate of drug-likeness (QED) is 0.166. The second kappa shape index (κ2) is 11.6. The number of hydrogen-bond acceptors (Lipinski definition) is 5. The number of carbonyl (C=O) groups excluding carboxylic acids is 2. The van der Waals surface area contributed by atoms with Gasteiger partial charge in [-0.3, -0.25) is 15.0 Å². The van der Waals surface area contributed by atoms with E-state index in [2.05, 4.69) is 11.5 Å². The molecule has 0 spiro atoms. The highest BCUT2D eigenvalue weighted by molar-refractivity contribution is 5.94. The monoisotopic (exact) mass is 503 g/mol. The van der Waals surface area contributed by atoms with E-state index in [1.807, 2.05) is 54.3 Å². The van der Waals surface area contributed by atoms with Gasteiger partial charge in [0.15, 0.2) is 0 Å². The fraction of sp³-hybridized carbons (Fsp3) is 0.448. The molecular weight excluding hydrogens is 466 g/mol. The zero-order valence-electron chi connectivity index (χ0n) is 21.8. The lowest BCUT2D eigenvalue weighted by Crippen LogP contribution is -2.47. The fourth-order valence-corrected chi connectivity index (χ4v) is 5.36. The molecule has 37 heavy (non-hydrogen) atoms. The maximum atomic E-state index is 12.2. The molecule has 1 aromatic heterocycles. The molecule has 8 heteroatoms. The zero-order chi connectivity index (χ0) is 26.4. The molecule has 0 saturated heterocycles. The number of amidine groups is 1. The van der Waals surface area contributed by atoms with Crippen LogP contribution in [0.1, 0.15) is 75.7 Å². The second-order valence-corrected chi connectivity index (χ2v) is 10.1. The van der Waals surface area contributed by atoms with Crippen molar-refractivity contribution < 1.29 is 14.3 Å². The highest BCUT2D eigenvalue weighted by Crippen LogP contribution is 2.36. The van der Waals surface area contributed by atoms with E-state index >= 15 is 0 Å². The molecule has 1 amide bonds. The first-order valence-corrected chi connectivity index (χ1v) is 13.2. The normalized spacial score (nSPS) is 14.9. The largest absolute Gasteiger partial charge is 0.466 e. The summed E-state index contributed by atoms with van der Waals surface area (Å²) in [6.45, 7) is 4.99. The summed E-state index contributed by atoms with van der Waals surface area (Å²) in [5.41, 5.74) is 9.82. The number of hydrogen-bond donors (Lipinski definition) is 2. The van der Waals surface area contributed by atoms with E-state index in [0.29, 0.717) is 38.0 Å². The Morgan fingerprint density at radius 1 is 1.19 bits per heavy atom. The first-order valence-electron chi connectivity index (χ1n) is 13.2. The van der Waals surface area contributed by atoms with Crippen molar-refractivity contribution in [3.63, 3.8) is 0 Å². The summed E-state index contributed by atoms with van der Waals surface area (Å²) in [5.74, 6) is 0.725. The number of rotatable bonds is 11. The van der Waals surface area contributed by atoms with Gasteiger partial charge in [-0.2, -0.15) is 0 Å². The van der Waals surface area contributed by atoms with Crippen molar-refractivity contribution in [2.45, 2.75) is 77.3 Å². The van der Waals surface area contributed by atoms with Crippen LogP contribution in [0.25, 0.3) is 11.0 Å². The third-order valence-corrected chi connectivity index (χ3v) is 7.40. The number of benzene rings is 2. The number of anilines is 1. The SMILES string of the molecule is CCOC(=O)CCCn1c(Cc2ccc(C(=N)N)cc2)nc2cc(N(C=O)C3(C)CCCCC3)ccc21. The van der Waals surface area contributed by atoms with E-state index in [1.165, 1.54) is 6.42 Å². The van der Waals surface area contributed by atoms with Crippen molar-refractivity contribution in [2.24, 2.45) is 5.73 Å². The van der Waals surface area contributed by atoms with Gasteiger partial charge in [0.1, 0.15) is 11.7 Å². The molecule has 3 N–H and O–H groups in total. The van der Waals surface area contributed by atoms with Crippen LogP contribution in [0.3, 0.4) is 0 Å². The molecule has 2 aromatic carbocycles. The number of carbonyl (C=O) groups is 2. The lowest BCUT2D eigenvalue weighted by molar-refractivity contribution is -0.143. The number of nitrogens with two attached hydrogens (primary N) is 1. The average Bonchev–Trinajstić information content (AvgIpc) is 3.21. The molecule has 0 radical (unpaired) electrons. The molecule has 1 aliphatic carbocycles. The molecule has 8 nitrogen and oxygen atoms in total. The van der Waals surface area contributed by atoms with Crippen molar-refractivity contribution in [2.75, 3.05) is 11.5 Å². The van der Waals surface area contributed by atoms with Gasteiger partial charge in [0.05, 0.1) is 17.6 Å². The van der Waals surface area contributed by atoms with Gasteiger partial charge < -0.3 is 19.9 Å². The van der Waals surface area contributed by atoms with E-state index in [0.717, 1.165) is 60.2 Å². The number of imidazole rings is 1. The van der Waals surface area contributed by atoms with Crippen LogP contribution in [0.4, 0.5) is 5.69 Å². The Morgan fingerprint density at radius 3 is 2.57 bits per heavy atom. The minimum absolute atomic E-state index is 0.0386. The van der Waals surface area contributed by atoms with Crippen LogP contribution in [0.2, 0.25) is 0 Å². The number of esters is 1. The summed E-state index contributed by atoms with van der Waals surface area (Å²) >= 11 is 0. The molecule has 1 heterocycles. The number of ether oxygens (including phenoxy) is 1. The van der Waals surface area contributed by atoms with Crippen LogP contribution in [-0.4, -0.2) is 39.9 Å². The number of nitrogens with one attached hydrogen (secondary N) is 1. The Balaban J connectivity index is 1.66. The van der Waals surface area contributed by atoms with Crippen molar-refractivity contribution in [3.8, 4) is 0 Å². The van der Waals surface area contributed by atoms with Crippen molar-refractivity contribution >= 4 is 34.9 Å². The number of aromatic nitrogens is 2. The van der Waals surface area contributed by atoms with Crippen molar-refractivity contribution in [3.05, 3.63) is 59.4 Å². The minimum atomic E-state index is -0.196. The number of fused-ring (bicyclic) bond motifs is 1. The lowest BCUT2D eigenvalue weighted by atomic mass is 9.82. The Hall–Kier alpha value is -3.68. The van der Waals surface area contributed by atoms with E-state index in [-0.39, 0.29) is 17.3 Å². The van der Waals surface area contributed by atoms with Crippen LogP contribution < -0.4 is 10.6 Å². The predicted molar refractivity (Wildman–Crippen MR) is 146 cm³/mol. The van der Waals surface area contributed by atoms with Gasteiger partial charge in [0.25, 0.3) is 0 Å². The first kappa shape index (κ1) is 26.4. The smallest absolute Gasteiger partial charge is 0.305 e. The molecule has 0 aliphatic heterocycles. The molecule has 0 unspecified atom stereocenters. The van der Waals surface area contributed by atoms with Crippen LogP contribution >= 0.6 is 0 Å². The molecule has 3 aromatic rings. The lowest BCUT2D eigenvalue weighted by Gasteiger charge is -2.42. The minimum Gasteiger partial charge on any atom is -0.466 e. The standard InChI is InChI=1S/C29H37N5O3/c1-3-37-27(36)8-7-17-33-25-14-13-23(34(20-35)29(2)15-5-4-6-16-29)19-24(25)32-26(33)18-21-9-11-22(12-10-21)28(30)31/h9-14,19-20H,3-8,15-18H2,1-2H3,(H3,30,31). The number of nitrogen functional groups attached to an aromatic ring is 1. The Kier molecular flexibility index (Phi) is 8.26. The van der Waals surface area contributed by atoms with Gasteiger partial charge in [-0.1, -0.05) is 43.5 Å². The number of aryl methyl sites for hydroxylation is 1. The molecule has 1 saturated carbocycles. The Morgan fingerprint density at radius 2 is 1.92 bits per heavy atom. The molecule has 0 atom stereocenters. The summed E-state index contributed by atoms with van der Waals surface area (Å²) in [4.78, 5) is 31.0. The van der Waals surface area contributed by atoms with Gasteiger partial charge in [-0.25, -0.2) is 4.98 Å². The zero-order valence-corrected chi connectivity index (χ0v) is 21.8. The molecule has 4 rings (SSSR count). The van der Waals surface area contributed by atoms with Crippen LogP contribution in [0.15, 0.2) is 42.5 Å². The Labute approximate surface area is 218 Å². The van der Waals surface area contributed by atoms with Crippen molar-refractivity contribution in [1.82, 2.24) is 9.55 Å². The molecule has 0 bridgehead atoms. The van der Waals surface area contributed by atoms with Crippen molar-refractivity contribution in [1.29, 1.82) is 5.41 Å². The van der Waals surface area contributed by atoms with Gasteiger partial charge in [0, 0.05) is 36.2 Å². The molecule has 1 fully saturated rings. The van der Waals surface area contributed by atoms with E-state index in [9.17, 15) is 9.59 Å². The first-order chi connectivity index (χ1) is 17.8. The summed E-state index contributed by atoms with van der Waals surface area (Å²) < 4.78 is 7.25. The second-order valence-electron chi connectivity index (χ2n) is 10.1. The highest BCUT2D eigenvalue weighted by Gasteiger charge is 2.33. The molecular formula is C29H37N5O3. The van der Waals surface area contributed by atoms with Crippen LogP contribution in [-0.2, 0) is 27.3 Å². The molecule has 1 aliphatic rings. The van der Waals surface area contributed by atoms with E-state index in [1.54, 1.807) is 0 Å². The van der Waals surface area contributed by atoms with E-state index < -0.39 is 0 Å². The Bertz CT molecular complexity index is 1260. The summed E-state index contributed by atoms with van der Waals surface area (Å²) in [6.07, 6.45) is 8.00. The fourth-order valence-electron chi connectivity index (χ4n) is 5.36. The summed E-state index contributed by atoms with van der Waals surface area (Å²) in [6, 6.07) is 13.7. The van der Waals surface area contributed by atoms with Gasteiger partial charge in [-0.15, -0.1) is 0 Å². The summed E-state index contributed by atoms with van der Waals surface area (Å²) in [7, 11) is 0. The van der Waals surface area contributed by atoms with Gasteiger partial charge in [-0.05, 0) is 56.9 Å². The predicted octanol–water partition coefficient (Wildman–Crippen LogP) is 4.94. The molecule has 196 valence electrons. The maximum Gasteiger partial charge on any atom is 0.305 e. The van der Waals surface area contributed by atoms with E-state index in [4.69, 9.17) is 20.9 Å². The van der Waals surface area contributed by atoms with Gasteiger partial charge in [0.2, 0.25) is 6.41 Å². The summed E-state index contributed by atoms with van der Waals surface area (Å²) in [5, 5.41) is 7.63. The van der Waals surface area contributed by atoms with Gasteiger partial charge >= 0.3 is 5.97 Å². The highest BCUT2D eigenvalue weighted by atomic mass is 16.5.